The summed E-state index contributed by atoms with van der Waals surface area (Å²) < 4.78 is 15.8. The maximum absolute atomic E-state index is 10.0. The van der Waals surface area contributed by atoms with Gasteiger partial charge < -0.3 is 34.2 Å². The van der Waals surface area contributed by atoms with Gasteiger partial charge >= 0.3 is 0 Å². The molecule has 160 valence electrons. The Kier molecular flexibility index (Phi) is 18.2. The molecule has 8 heteroatoms. The van der Waals surface area contributed by atoms with Crippen LogP contribution in [0.5, 0.6) is 0 Å². The summed E-state index contributed by atoms with van der Waals surface area (Å²) in [5, 5.41) is 30.0. The van der Waals surface area contributed by atoms with Crippen LogP contribution in [0, 0.1) is 0 Å². The van der Waals surface area contributed by atoms with E-state index in [1.165, 1.54) is 13.2 Å². The molecule has 1 aliphatic rings. The van der Waals surface area contributed by atoms with Crippen molar-refractivity contribution in [2.75, 3.05) is 13.3 Å². The Labute approximate surface area is 164 Å². The molecular formula is C19H37O7P. The molecule has 1 rings (SSSR count). The Bertz CT molecular complexity index is 428. The second kappa shape index (κ2) is 17.3. The van der Waals surface area contributed by atoms with Crippen molar-refractivity contribution in [3.8, 4) is 0 Å². The molecule has 0 aromatic rings. The standard InChI is InChI=1S/C15H25O7P.2C2H6/c1-4-6-7-10(5-2)21-15-14(18)13(17)12(16)11(22-15)8-9-23(19)20-3;2*1-2/h4-7,11-19H,2,8-9H2,1,3H3;2*1-2H3/b6-4-,10-7+;;/t11?,12-,13?,14?,15+,23?;;/m1../s1. The van der Waals surface area contributed by atoms with Crippen molar-refractivity contribution in [3.05, 3.63) is 36.6 Å². The van der Waals surface area contributed by atoms with Crippen molar-refractivity contribution in [2.24, 2.45) is 0 Å². The fourth-order valence-corrected chi connectivity index (χ4v) is 2.72. The summed E-state index contributed by atoms with van der Waals surface area (Å²) in [4.78, 5) is 9.47. The summed E-state index contributed by atoms with van der Waals surface area (Å²) in [6.45, 7) is 13.4. The molecule has 0 aromatic carbocycles. The van der Waals surface area contributed by atoms with Crippen LogP contribution in [-0.4, -0.2) is 64.2 Å². The maximum Gasteiger partial charge on any atom is 0.229 e. The van der Waals surface area contributed by atoms with Crippen LogP contribution in [-0.2, 0) is 14.0 Å². The minimum Gasteiger partial charge on any atom is -0.462 e. The lowest BCUT2D eigenvalue weighted by molar-refractivity contribution is -0.285. The molecule has 0 aliphatic carbocycles. The number of aliphatic hydroxyl groups is 3. The van der Waals surface area contributed by atoms with Gasteiger partial charge in [-0.25, -0.2) is 0 Å². The van der Waals surface area contributed by atoms with E-state index in [-0.39, 0.29) is 12.6 Å². The summed E-state index contributed by atoms with van der Waals surface area (Å²) >= 11 is 0. The van der Waals surface area contributed by atoms with E-state index in [1.807, 2.05) is 34.6 Å². The zero-order valence-electron chi connectivity index (χ0n) is 17.3. The van der Waals surface area contributed by atoms with E-state index in [0.717, 1.165) is 0 Å². The van der Waals surface area contributed by atoms with Crippen LogP contribution in [0.3, 0.4) is 0 Å². The van der Waals surface area contributed by atoms with E-state index in [9.17, 15) is 20.2 Å². The van der Waals surface area contributed by atoms with Crippen molar-refractivity contribution in [3.63, 3.8) is 0 Å². The average Bonchev–Trinajstić information content (AvgIpc) is 2.72. The predicted molar refractivity (Wildman–Crippen MR) is 109 cm³/mol. The van der Waals surface area contributed by atoms with Gasteiger partial charge in [-0.2, -0.15) is 0 Å². The third-order valence-corrected chi connectivity index (χ3v) is 4.45. The van der Waals surface area contributed by atoms with E-state index in [0.29, 0.717) is 5.76 Å². The zero-order valence-corrected chi connectivity index (χ0v) is 18.2. The fraction of sp³-hybridized carbons (Fsp3) is 0.684. The van der Waals surface area contributed by atoms with Crippen molar-refractivity contribution in [2.45, 2.75) is 71.7 Å². The second-order valence-electron chi connectivity index (χ2n) is 4.98. The smallest absolute Gasteiger partial charge is 0.229 e. The number of ether oxygens (including phenoxy) is 2. The Balaban J connectivity index is 0. The Morgan fingerprint density at radius 2 is 1.70 bits per heavy atom. The van der Waals surface area contributed by atoms with Crippen molar-refractivity contribution < 1.29 is 34.2 Å². The van der Waals surface area contributed by atoms with Gasteiger partial charge in [0.2, 0.25) is 6.29 Å². The molecule has 1 heterocycles. The monoisotopic (exact) mass is 408 g/mol. The third-order valence-electron chi connectivity index (χ3n) is 3.39. The van der Waals surface area contributed by atoms with E-state index < -0.39 is 39.1 Å². The van der Waals surface area contributed by atoms with Crippen molar-refractivity contribution in [1.82, 2.24) is 0 Å². The van der Waals surface area contributed by atoms with Gasteiger partial charge in [-0.15, -0.1) is 0 Å². The first-order valence-corrected chi connectivity index (χ1v) is 10.7. The molecule has 1 saturated heterocycles. The van der Waals surface area contributed by atoms with Gasteiger partial charge in [-0.05, 0) is 25.5 Å². The Morgan fingerprint density at radius 1 is 1.11 bits per heavy atom. The third kappa shape index (κ3) is 10.4. The lowest BCUT2D eigenvalue weighted by Gasteiger charge is -2.40. The largest absolute Gasteiger partial charge is 0.462 e. The van der Waals surface area contributed by atoms with Crippen LogP contribution in [0.15, 0.2) is 36.6 Å². The summed E-state index contributed by atoms with van der Waals surface area (Å²) in [6, 6.07) is 0. The molecule has 0 amide bonds. The molecule has 0 bridgehead atoms. The highest BCUT2D eigenvalue weighted by molar-refractivity contribution is 7.46. The Hall–Kier alpha value is -0.790. The number of hydrogen-bond acceptors (Lipinski definition) is 7. The van der Waals surface area contributed by atoms with E-state index in [2.05, 4.69) is 6.58 Å². The van der Waals surface area contributed by atoms with Gasteiger partial charge in [-0.1, -0.05) is 46.4 Å². The van der Waals surface area contributed by atoms with Gasteiger partial charge in [-0.3, -0.25) is 0 Å². The number of hydrogen-bond donors (Lipinski definition) is 4. The minimum absolute atomic E-state index is 0.253. The van der Waals surface area contributed by atoms with Crippen molar-refractivity contribution in [1.29, 1.82) is 0 Å². The molecule has 1 fully saturated rings. The van der Waals surface area contributed by atoms with Crippen LogP contribution in [0.4, 0.5) is 0 Å². The summed E-state index contributed by atoms with van der Waals surface area (Å²) in [7, 11) is -0.217. The maximum atomic E-state index is 10.0. The number of rotatable bonds is 8. The molecule has 0 saturated carbocycles. The van der Waals surface area contributed by atoms with E-state index in [4.69, 9.17) is 14.0 Å². The SMILES string of the molecule is C=C/C(=C\C=C/C)O[C@H]1OC(CCP(O)OC)[C@@H](O)C(O)C1O.CC.CC. The fourth-order valence-electron chi connectivity index (χ4n) is 2.06. The van der Waals surface area contributed by atoms with Crippen molar-refractivity contribution >= 4 is 8.38 Å². The summed E-state index contributed by atoms with van der Waals surface area (Å²) in [6.07, 6.45) is 1.07. The number of aliphatic hydroxyl groups excluding tert-OH is 3. The highest BCUT2D eigenvalue weighted by Crippen LogP contribution is 2.34. The van der Waals surface area contributed by atoms with Gasteiger partial charge in [0.05, 0.1) is 6.10 Å². The van der Waals surface area contributed by atoms with Crippen LogP contribution in [0.2, 0.25) is 0 Å². The van der Waals surface area contributed by atoms with Crippen LogP contribution in [0.25, 0.3) is 0 Å². The zero-order chi connectivity index (χ0) is 21.4. The van der Waals surface area contributed by atoms with Gasteiger partial charge in [0.15, 0.2) is 8.38 Å². The van der Waals surface area contributed by atoms with Crippen LogP contribution < -0.4 is 0 Å². The normalized spacial score (nSPS) is 29.1. The Morgan fingerprint density at radius 3 is 2.19 bits per heavy atom. The topological polar surface area (TPSA) is 109 Å². The molecule has 0 aromatic heterocycles. The molecule has 4 unspecified atom stereocenters. The quantitative estimate of drug-likeness (QED) is 0.278. The van der Waals surface area contributed by atoms with Gasteiger partial charge in [0.25, 0.3) is 0 Å². The van der Waals surface area contributed by atoms with Gasteiger partial charge in [0.1, 0.15) is 24.1 Å². The summed E-state index contributed by atoms with van der Waals surface area (Å²) in [5.41, 5.74) is 0. The average molecular weight is 408 g/mol. The molecule has 1 aliphatic heterocycles. The first kappa shape index (κ1) is 28.4. The van der Waals surface area contributed by atoms with E-state index in [1.54, 1.807) is 18.2 Å². The second-order valence-corrected chi connectivity index (χ2v) is 6.50. The van der Waals surface area contributed by atoms with Crippen LogP contribution >= 0.6 is 8.38 Å². The first-order chi connectivity index (χ1) is 12.9. The molecule has 6 atom stereocenters. The first-order valence-electron chi connectivity index (χ1n) is 9.26. The molecule has 27 heavy (non-hydrogen) atoms. The highest BCUT2D eigenvalue weighted by Gasteiger charge is 2.44. The minimum atomic E-state index is -1.60. The highest BCUT2D eigenvalue weighted by atomic mass is 31.2. The molecular weight excluding hydrogens is 371 g/mol. The number of allylic oxidation sites excluding steroid dienone is 4. The van der Waals surface area contributed by atoms with Gasteiger partial charge in [0, 0.05) is 13.3 Å². The molecule has 0 radical (unpaired) electrons. The predicted octanol–water partition coefficient (Wildman–Crippen LogP) is 2.85. The lowest BCUT2D eigenvalue weighted by Crippen LogP contribution is -2.58. The summed E-state index contributed by atoms with van der Waals surface area (Å²) in [5.74, 6) is 0.357. The lowest BCUT2D eigenvalue weighted by atomic mass is 9.97. The molecule has 0 spiro atoms. The molecule has 4 N–H and O–H groups in total. The van der Waals surface area contributed by atoms with Crippen LogP contribution in [0.1, 0.15) is 41.0 Å². The molecule has 7 nitrogen and oxygen atoms in total. The van der Waals surface area contributed by atoms with E-state index >= 15 is 0 Å².